The van der Waals surface area contributed by atoms with Crippen molar-refractivity contribution in [2.75, 3.05) is 0 Å². The monoisotopic (exact) mass is 266 g/mol. The van der Waals surface area contributed by atoms with Crippen LogP contribution in [0.3, 0.4) is 0 Å². The molecule has 0 aromatic heterocycles. The Morgan fingerprint density at radius 3 is 2.35 bits per heavy atom. The minimum absolute atomic E-state index is 0.244. The summed E-state index contributed by atoms with van der Waals surface area (Å²) in [5.74, 6) is 0.881. The molecule has 1 aliphatic carbocycles. The maximum Gasteiger partial charge on any atom is 0.00231 e. The molecule has 0 saturated heterocycles. The number of allylic oxidation sites excluding steroid dienone is 5. The minimum atomic E-state index is 0.244. The van der Waals surface area contributed by atoms with Crippen LogP contribution in [-0.4, -0.2) is 0 Å². The van der Waals surface area contributed by atoms with Gasteiger partial charge in [0.2, 0.25) is 0 Å². The number of hydrogen-bond acceptors (Lipinski definition) is 0. The third kappa shape index (κ3) is 3.30. The molecule has 0 heterocycles. The Balaban J connectivity index is 2.07. The number of hydrogen-bond donors (Lipinski definition) is 0. The van der Waals surface area contributed by atoms with Crippen LogP contribution < -0.4 is 0 Å². The average molecular weight is 266 g/mol. The van der Waals surface area contributed by atoms with E-state index in [0.717, 1.165) is 6.42 Å². The number of benzene rings is 1. The van der Waals surface area contributed by atoms with Crippen molar-refractivity contribution >= 4 is 0 Å². The van der Waals surface area contributed by atoms with Crippen molar-refractivity contribution in [1.82, 2.24) is 0 Å². The molecule has 0 aliphatic heterocycles. The highest BCUT2D eigenvalue weighted by Crippen LogP contribution is 2.36. The molecule has 1 aliphatic rings. The third-order valence-corrected chi connectivity index (χ3v) is 4.30. The summed E-state index contributed by atoms with van der Waals surface area (Å²) in [7, 11) is 0. The molecule has 0 bridgehead atoms. The summed E-state index contributed by atoms with van der Waals surface area (Å²) < 4.78 is 0. The van der Waals surface area contributed by atoms with Gasteiger partial charge >= 0.3 is 0 Å². The van der Waals surface area contributed by atoms with Gasteiger partial charge in [-0.2, -0.15) is 0 Å². The Kier molecular flexibility index (Phi) is 4.32. The number of rotatable bonds is 3. The van der Waals surface area contributed by atoms with Crippen LogP contribution >= 0.6 is 0 Å². The Hall–Kier alpha value is -1.56. The fourth-order valence-electron chi connectivity index (χ4n) is 2.73. The molecule has 0 amide bonds. The third-order valence-electron chi connectivity index (χ3n) is 4.30. The molecule has 2 unspecified atom stereocenters. The van der Waals surface area contributed by atoms with Crippen molar-refractivity contribution < 1.29 is 0 Å². The summed E-state index contributed by atoms with van der Waals surface area (Å²) in [6.07, 6.45) is 8.09. The first kappa shape index (κ1) is 14.8. The molecule has 0 heteroatoms. The molecule has 0 fully saturated rings. The van der Waals surface area contributed by atoms with Gasteiger partial charge in [0.05, 0.1) is 0 Å². The van der Waals surface area contributed by atoms with E-state index in [2.05, 4.69) is 82.8 Å². The summed E-state index contributed by atoms with van der Waals surface area (Å²) in [5.41, 5.74) is 4.36. The van der Waals surface area contributed by atoms with Gasteiger partial charge in [-0.25, -0.2) is 0 Å². The Bertz CT molecular complexity index is 523. The Morgan fingerprint density at radius 2 is 1.85 bits per heavy atom. The molecule has 1 aromatic carbocycles. The van der Waals surface area contributed by atoms with Gasteiger partial charge < -0.3 is 0 Å². The quantitative estimate of drug-likeness (QED) is 0.598. The zero-order chi connectivity index (χ0) is 14.8. The molecule has 0 spiro atoms. The Morgan fingerprint density at radius 1 is 1.20 bits per heavy atom. The van der Waals surface area contributed by atoms with Crippen LogP contribution in [0.15, 0.2) is 66.3 Å². The molecule has 20 heavy (non-hydrogen) atoms. The van der Waals surface area contributed by atoms with E-state index in [1.54, 1.807) is 0 Å². The molecular weight excluding hydrogens is 240 g/mol. The van der Waals surface area contributed by atoms with E-state index >= 15 is 0 Å². The summed E-state index contributed by atoms with van der Waals surface area (Å²) in [4.78, 5) is 0. The molecular formula is C20H26. The van der Waals surface area contributed by atoms with Gasteiger partial charge in [-0.05, 0) is 23.0 Å². The van der Waals surface area contributed by atoms with Crippen LogP contribution in [0.4, 0.5) is 0 Å². The van der Waals surface area contributed by atoms with Crippen LogP contribution in [0.1, 0.15) is 45.6 Å². The first-order chi connectivity index (χ1) is 9.39. The summed E-state index contributed by atoms with van der Waals surface area (Å²) in [6.45, 7) is 13.4. The second-order valence-electron chi connectivity index (χ2n) is 6.82. The van der Waals surface area contributed by atoms with E-state index < -0.39 is 0 Å². The van der Waals surface area contributed by atoms with E-state index in [0.29, 0.717) is 11.8 Å². The van der Waals surface area contributed by atoms with Crippen molar-refractivity contribution in [1.29, 1.82) is 0 Å². The molecule has 0 saturated carbocycles. The van der Waals surface area contributed by atoms with Crippen molar-refractivity contribution in [3.63, 3.8) is 0 Å². The predicted octanol–water partition coefficient (Wildman–Crippen LogP) is 5.89. The van der Waals surface area contributed by atoms with E-state index in [4.69, 9.17) is 0 Å². The van der Waals surface area contributed by atoms with Gasteiger partial charge in [0, 0.05) is 11.8 Å². The second-order valence-corrected chi connectivity index (χ2v) is 6.82. The van der Waals surface area contributed by atoms with E-state index in [-0.39, 0.29) is 5.41 Å². The van der Waals surface area contributed by atoms with E-state index in [1.165, 1.54) is 16.7 Å². The van der Waals surface area contributed by atoms with Crippen molar-refractivity contribution in [2.24, 2.45) is 11.3 Å². The highest BCUT2D eigenvalue weighted by atomic mass is 14.3. The lowest BCUT2D eigenvalue weighted by Gasteiger charge is -2.28. The maximum atomic E-state index is 4.36. The van der Waals surface area contributed by atoms with E-state index in [1.807, 2.05) is 0 Å². The SMILES string of the molecule is C=C(C1C=CC(C(C)(C)C)=CC1)C(C)c1ccccc1. The summed E-state index contributed by atoms with van der Waals surface area (Å²) in [6, 6.07) is 10.7. The lowest BCUT2D eigenvalue weighted by atomic mass is 9.77. The molecule has 2 atom stereocenters. The highest BCUT2D eigenvalue weighted by molar-refractivity contribution is 5.35. The largest absolute Gasteiger partial charge is 0.0986 e. The van der Waals surface area contributed by atoms with Crippen LogP contribution in [0, 0.1) is 11.3 Å². The average Bonchev–Trinajstić information content (AvgIpc) is 2.46. The van der Waals surface area contributed by atoms with Gasteiger partial charge in [0.15, 0.2) is 0 Å². The maximum absolute atomic E-state index is 4.36. The standard InChI is InChI=1S/C20H26/c1-15(17-9-7-6-8-10-17)16(2)18-11-13-19(14-12-18)20(3,4)5/h6-11,13-15,18H,2,12H2,1,3-5H3. The van der Waals surface area contributed by atoms with Crippen molar-refractivity contribution in [3.8, 4) is 0 Å². The lowest BCUT2D eigenvalue weighted by molar-refractivity contribution is 0.507. The first-order valence-electron chi connectivity index (χ1n) is 7.52. The van der Waals surface area contributed by atoms with Crippen LogP contribution in [0.25, 0.3) is 0 Å². The normalized spacial score (nSPS) is 20.4. The van der Waals surface area contributed by atoms with Gasteiger partial charge in [-0.3, -0.25) is 0 Å². The van der Waals surface area contributed by atoms with Crippen LogP contribution in [-0.2, 0) is 0 Å². The summed E-state index contributed by atoms with van der Waals surface area (Å²) >= 11 is 0. The molecule has 106 valence electrons. The smallest absolute Gasteiger partial charge is 0.00231 e. The molecule has 0 radical (unpaired) electrons. The fraction of sp³-hybridized carbons (Fsp3) is 0.400. The molecule has 0 N–H and O–H groups in total. The lowest BCUT2D eigenvalue weighted by Crippen LogP contribution is -2.14. The first-order valence-corrected chi connectivity index (χ1v) is 7.52. The minimum Gasteiger partial charge on any atom is -0.0986 e. The zero-order valence-electron chi connectivity index (χ0n) is 13.2. The van der Waals surface area contributed by atoms with E-state index in [9.17, 15) is 0 Å². The van der Waals surface area contributed by atoms with Gasteiger partial charge in [-0.1, -0.05) is 88.4 Å². The van der Waals surface area contributed by atoms with Crippen LogP contribution in [0.2, 0.25) is 0 Å². The van der Waals surface area contributed by atoms with Gasteiger partial charge in [0.25, 0.3) is 0 Å². The molecule has 1 aromatic rings. The summed E-state index contributed by atoms with van der Waals surface area (Å²) in [5, 5.41) is 0. The highest BCUT2D eigenvalue weighted by Gasteiger charge is 2.22. The van der Waals surface area contributed by atoms with Crippen LogP contribution in [0.5, 0.6) is 0 Å². The zero-order valence-corrected chi connectivity index (χ0v) is 13.2. The molecule has 0 nitrogen and oxygen atoms in total. The van der Waals surface area contributed by atoms with Gasteiger partial charge in [0.1, 0.15) is 0 Å². The predicted molar refractivity (Wildman–Crippen MR) is 88.8 cm³/mol. The van der Waals surface area contributed by atoms with Crippen molar-refractivity contribution in [2.45, 2.75) is 40.0 Å². The second kappa shape index (κ2) is 5.83. The topological polar surface area (TPSA) is 0 Å². The Labute approximate surface area is 123 Å². The fourth-order valence-corrected chi connectivity index (χ4v) is 2.73. The molecule has 2 rings (SSSR count). The van der Waals surface area contributed by atoms with Gasteiger partial charge in [-0.15, -0.1) is 0 Å². The van der Waals surface area contributed by atoms with Crippen molar-refractivity contribution in [3.05, 3.63) is 71.8 Å².